The van der Waals surface area contributed by atoms with Crippen LogP contribution in [0.15, 0.2) is 4.99 Å². The molecular weight excluding hydrogens is 154 g/mol. The van der Waals surface area contributed by atoms with Crippen LogP contribution in [0.2, 0.25) is 0 Å². The summed E-state index contributed by atoms with van der Waals surface area (Å²) < 4.78 is 0. The van der Waals surface area contributed by atoms with E-state index in [1.54, 1.807) is 0 Å². The van der Waals surface area contributed by atoms with Gasteiger partial charge in [0.25, 0.3) is 0 Å². The number of hydroxylamine groups is 1. The lowest BCUT2D eigenvalue weighted by Crippen LogP contribution is -2.34. The topological polar surface area (TPSA) is 59.6 Å². The van der Waals surface area contributed by atoms with Crippen LogP contribution in [-0.2, 0) is 4.84 Å². The van der Waals surface area contributed by atoms with E-state index in [0.29, 0.717) is 0 Å². The van der Waals surface area contributed by atoms with Gasteiger partial charge in [-0.05, 0) is 20.8 Å². The van der Waals surface area contributed by atoms with Crippen LogP contribution in [0.4, 0.5) is 0 Å². The van der Waals surface area contributed by atoms with Crippen LogP contribution in [0, 0.1) is 12.3 Å². The summed E-state index contributed by atoms with van der Waals surface area (Å²) in [6.07, 6.45) is 4.95. The van der Waals surface area contributed by atoms with Crippen molar-refractivity contribution in [3.8, 4) is 12.3 Å². The second-order valence-electron chi connectivity index (χ2n) is 3.26. The fraction of sp³-hybridized carbons (Fsp3) is 0.625. The molecule has 0 spiro atoms. The molecule has 0 aliphatic heterocycles. The molecule has 0 saturated carbocycles. The number of hydrogen-bond donors (Lipinski definition) is 2. The second-order valence-corrected chi connectivity index (χ2v) is 3.26. The highest BCUT2D eigenvalue weighted by Crippen LogP contribution is 2.04. The van der Waals surface area contributed by atoms with Crippen molar-refractivity contribution in [2.24, 2.45) is 10.7 Å². The average molecular weight is 169 g/mol. The van der Waals surface area contributed by atoms with Gasteiger partial charge in [-0.25, -0.2) is 10.5 Å². The summed E-state index contributed by atoms with van der Waals surface area (Å²) in [7, 11) is 0. The van der Waals surface area contributed by atoms with E-state index in [1.807, 2.05) is 20.8 Å². The lowest BCUT2D eigenvalue weighted by Gasteiger charge is -2.13. The number of terminal acetylenes is 1. The molecule has 0 amide bonds. The van der Waals surface area contributed by atoms with E-state index in [2.05, 4.69) is 16.4 Å². The molecule has 0 fully saturated rings. The van der Waals surface area contributed by atoms with Gasteiger partial charge >= 0.3 is 0 Å². The molecule has 0 aromatic rings. The van der Waals surface area contributed by atoms with Gasteiger partial charge < -0.3 is 5.73 Å². The summed E-state index contributed by atoms with van der Waals surface area (Å²) in [5.41, 5.74) is 7.66. The first kappa shape index (κ1) is 10.8. The van der Waals surface area contributed by atoms with Crippen molar-refractivity contribution in [3.63, 3.8) is 0 Å². The van der Waals surface area contributed by atoms with Gasteiger partial charge in [0.2, 0.25) is 5.96 Å². The van der Waals surface area contributed by atoms with Crippen LogP contribution in [0.1, 0.15) is 20.8 Å². The third kappa shape index (κ3) is 6.90. The Kier molecular flexibility index (Phi) is 4.16. The first-order valence-corrected chi connectivity index (χ1v) is 3.62. The van der Waals surface area contributed by atoms with Gasteiger partial charge in [-0.1, -0.05) is 5.92 Å². The highest BCUT2D eigenvalue weighted by Gasteiger charge is 2.07. The lowest BCUT2D eigenvalue weighted by atomic mass is 10.1. The minimum Gasteiger partial charge on any atom is -0.368 e. The van der Waals surface area contributed by atoms with Crippen molar-refractivity contribution in [2.75, 3.05) is 6.61 Å². The highest BCUT2D eigenvalue weighted by atomic mass is 16.6. The number of hydrogen-bond acceptors (Lipinski definition) is 2. The van der Waals surface area contributed by atoms with Crippen molar-refractivity contribution in [2.45, 2.75) is 26.3 Å². The highest BCUT2D eigenvalue weighted by molar-refractivity contribution is 5.77. The predicted octanol–water partition coefficient (Wildman–Crippen LogP) is 0.254. The number of aliphatic imine (C=N–C) groups is 1. The fourth-order valence-electron chi connectivity index (χ4n) is 0.536. The molecule has 0 aromatic heterocycles. The SMILES string of the molecule is C#CCONC(N)=NC(C)(C)C. The molecule has 3 N–H and O–H groups in total. The Morgan fingerprint density at radius 1 is 1.67 bits per heavy atom. The molecule has 0 unspecified atom stereocenters. The molecule has 0 aliphatic carbocycles. The molecule has 4 nitrogen and oxygen atoms in total. The molecule has 0 rings (SSSR count). The van der Waals surface area contributed by atoms with E-state index in [9.17, 15) is 0 Å². The third-order valence-electron chi connectivity index (χ3n) is 0.788. The van der Waals surface area contributed by atoms with E-state index in [4.69, 9.17) is 17.0 Å². The second kappa shape index (κ2) is 4.62. The largest absolute Gasteiger partial charge is 0.368 e. The Morgan fingerprint density at radius 2 is 2.25 bits per heavy atom. The Hall–Kier alpha value is -1.21. The monoisotopic (exact) mass is 169 g/mol. The average Bonchev–Trinajstić information content (AvgIpc) is 1.84. The Balaban J connectivity index is 3.80. The minimum atomic E-state index is -0.212. The van der Waals surface area contributed by atoms with Crippen LogP contribution in [0.3, 0.4) is 0 Å². The van der Waals surface area contributed by atoms with Crippen LogP contribution in [0.25, 0.3) is 0 Å². The zero-order chi connectivity index (χ0) is 9.61. The van der Waals surface area contributed by atoms with Gasteiger partial charge in [0.15, 0.2) is 0 Å². The van der Waals surface area contributed by atoms with Gasteiger partial charge in [0, 0.05) is 0 Å². The molecule has 0 radical (unpaired) electrons. The molecule has 0 saturated heterocycles. The number of nitrogens with one attached hydrogen (secondary N) is 1. The van der Waals surface area contributed by atoms with Crippen molar-refractivity contribution >= 4 is 5.96 Å². The summed E-state index contributed by atoms with van der Waals surface area (Å²) in [4.78, 5) is 8.82. The van der Waals surface area contributed by atoms with Gasteiger partial charge in [-0.2, -0.15) is 0 Å². The van der Waals surface area contributed by atoms with Crippen LogP contribution in [-0.4, -0.2) is 18.1 Å². The molecule has 0 aliphatic rings. The Labute approximate surface area is 73.1 Å². The van der Waals surface area contributed by atoms with Crippen molar-refractivity contribution in [1.82, 2.24) is 5.48 Å². The first-order valence-electron chi connectivity index (χ1n) is 3.62. The maximum atomic E-state index is 5.45. The van der Waals surface area contributed by atoms with E-state index >= 15 is 0 Å². The Bertz CT molecular complexity index is 197. The summed E-state index contributed by atoms with van der Waals surface area (Å²) in [6.45, 7) is 5.97. The van der Waals surface area contributed by atoms with Crippen molar-refractivity contribution in [3.05, 3.63) is 0 Å². The maximum absolute atomic E-state index is 5.45. The summed E-state index contributed by atoms with van der Waals surface area (Å²) in [5, 5.41) is 0. The standard InChI is InChI=1S/C8H15N3O/c1-5-6-12-11-7(9)10-8(2,3)4/h1H,6H2,2-4H3,(H3,9,10,11). The number of nitrogens with two attached hydrogens (primary N) is 1. The quantitative estimate of drug-likeness (QED) is 0.205. The Morgan fingerprint density at radius 3 is 2.67 bits per heavy atom. The van der Waals surface area contributed by atoms with Gasteiger partial charge in [0.1, 0.15) is 6.61 Å². The molecule has 0 atom stereocenters. The van der Waals surface area contributed by atoms with Gasteiger partial charge in [-0.15, -0.1) is 6.42 Å². The summed E-state index contributed by atoms with van der Waals surface area (Å²) in [5.74, 6) is 2.52. The molecule has 4 heteroatoms. The third-order valence-corrected chi connectivity index (χ3v) is 0.788. The van der Waals surface area contributed by atoms with Crippen molar-refractivity contribution < 1.29 is 4.84 Å². The smallest absolute Gasteiger partial charge is 0.213 e. The lowest BCUT2D eigenvalue weighted by molar-refractivity contribution is 0.113. The maximum Gasteiger partial charge on any atom is 0.213 e. The van der Waals surface area contributed by atoms with Crippen LogP contribution >= 0.6 is 0 Å². The van der Waals surface area contributed by atoms with E-state index in [-0.39, 0.29) is 18.1 Å². The first-order chi connectivity index (χ1) is 5.45. The zero-order valence-corrected chi connectivity index (χ0v) is 7.72. The number of guanidine groups is 1. The van der Waals surface area contributed by atoms with E-state index < -0.39 is 0 Å². The number of nitrogens with zero attached hydrogens (tertiary/aromatic N) is 1. The number of rotatable bonds is 2. The minimum absolute atomic E-state index is 0.167. The molecule has 0 aromatic carbocycles. The zero-order valence-electron chi connectivity index (χ0n) is 7.72. The van der Waals surface area contributed by atoms with Crippen LogP contribution < -0.4 is 11.2 Å². The normalized spacial score (nSPS) is 12.3. The van der Waals surface area contributed by atoms with E-state index in [0.717, 1.165) is 0 Å². The van der Waals surface area contributed by atoms with Gasteiger partial charge in [0.05, 0.1) is 5.54 Å². The van der Waals surface area contributed by atoms with Crippen molar-refractivity contribution in [1.29, 1.82) is 0 Å². The molecule has 0 bridgehead atoms. The summed E-state index contributed by atoms with van der Waals surface area (Å²) in [6, 6.07) is 0. The molecule has 68 valence electrons. The van der Waals surface area contributed by atoms with E-state index in [1.165, 1.54) is 0 Å². The van der Waals surface area contributed by atoms with Crippen LogP contribution in [0.5, 0.6) is 0 Å². The molecule has 0 heterocycles. The summed E-state index contributed by atoms with van der Waals surface area (Å²) >= 11 is 0. The van der Waals surface area contributed by atoms with Gasteiger partial charge in [-0.3, -0.25) is 4.84 Å². The predicted molar refractivity (Wildman–Crippen MR) is 49.3 cm³/mol. The molecule has 12 heavy (non-hydrogen) atoms. The fourth-order valence-corrected chi connectivity index (χ4v) is 0.536. The molecular formula is C8H15N3O.